The highest BCUT2D eigenvalue weighted by Gasteiger charge is 2.11. The number of nitrogens with zero attached hydrogens (tertiary/aromatic N) is 2. The Bertz CT molecular complexity index is 951. The molecule has 3 aromatic rings. The molecule has 0 unspecified atom stereocenters. The molecule has 29 heavy (non-hydrogen) atoms. The summed E-state index contributed by atoms with van der Waals surface area (Å²) >= 11 is 0. The van der Waals surface area contributed by atoms with E-state index in [4.69, 9.17) is 9.47 Å². The maximum absolute atomic E-state index is 12.5. The summed E-state index contributed by atoms with van der Waals surface area (Å²) < 4.78 is 12.9. The van der Waals surface area contributed by atoms with Crippen LogP contribution in [-0.2, 0) is 13.0 Å². The molecular weight excluding hydrogens is 366 g/mol. The lowest BCUT2D eigenvalue weighted by Gasteiger charge is -2.12. The number of benzene rings is 2. The second kappa shape index (κ2) is 10.1. The van der Waals surface area contributed by atoms with E-state index in [0.29, 0.717) is 36.6 Å². The third-order valence-corrected chi connectivity index (χ3v) is 4.41. The summed E-state index contributed by atoms with van der Waals surface area (Å²) in [5.41, 5.74) is 1.72. The highest BCUT2D eigenvalue weighted by Crippen LogP contribution is 2.28. The minimum absolute atomic E-state index is 0.167. The van der Waals surface area contributed by atoms with Gasteiger partial charge in [-0.1, -0.05) is 43.0 Å². The number of aromatic nitrogens is 2. The molecule has 2 aromatic carbocycles. The van der Waals surface area contributed by atoms with Gasteiger partial charge in [-0.3, -0.25) is 4.79 Å². The lowest BCUT2D eigenvalue weighted by molar-refractivity contribution is 0.0953. The summed E-state index contributed by atoms with van der Waals surface area (Å²) in [5.74, 6) is 1.85. The number of carbonyl (C=O) groups is 1. The van der Waals surface area contributed by atoms with Crippen LogP contribution in [0.15, 0.2) is 73.6 Å². The van der Waals surface area contributed by atoms with Crippen molar-refractivity contribution in [1.29, 1.82) is 0 Å². The third-order valence-electron chi connectivity index (χ3n) is 4.41. The van der Waals surface area contributed by atoms with Gasteiger partial charge < -0.3 is 19.4 Å². The molecule has 0 spiro atoms. The maximum Gasteiger partial charge on any atom is 0.251 e. The van der Waals surface area contributed by atoms with Gasteiger partial charge in [0, 0.05) is 37.5 Å². The molecule has 1 aromatic heterocycles. The van der Waals surface area contributed by atoms with Crippen molar-refractivity contribution in [1.82, 2.24) is 14.9 Å². The van der Waals surface area contributed by atoms with Crippen molar-refractivity contribution in [2.75, 3.05) is 20.3 Å². The molecule has 0 atom stereocenters. The largest absolute Gasteiger partial charge is 0.493 e. The van der Waals surface area contributed by atoms with Crippen LogP contribution in [-0.4, -0.2) is 35.7 Å². The average molecular weight is 391 g/mol. The number of amides is 1. The average Bonchev–Trinajstić information content (AvgIpc) is 3.19. The topological polar surface area (TPSA) is 65.4 Å². The number of rotatable bonds is 10. The Labute approximate surface area is 170 Å². The fraction of sp³-hybridized carbons (Fsp3) is 0.217. The molecule has 1 N–H and O–H groups in total. The van der Waals surface area contributed by atoms with Crippen LogP contribution in [0.2, 0.25) is 0 Å². The first-order valence-corrected chi connectivity index (χ1v) is 9.45. The Morgan fingerprint density at radius 2 is 2.03 bits per heavy atom. The van der Waals surface area contributed by atoms with Gasteiger partial charge in [-0.15, -0.1) is 0 Å². The lowest BCUT2D eigenvalue weighted by atomic mass is 10.2. The van der Waals surface area contributed by atoms with E-state index in [9.17, 15) is 4.79 Å². The molecule has 1 amide bonds. The van der Waals surface area contributed by atoms with E-state index in [1.165, 1.54) is 5.56 Å². The zero-order chi connectivity index (χ0) is 20.5. The lowest BCUT2D eigenvalue weighted by Crippen LogP contribution is -2.26. The number of imidazole rings is 1. The number of hydrogen-bond donors (Lipinski definition) is 1. The molecule has 0 radical (unpaired) electrons. The summed E-state index contributed by atoms with van der Waals surface area (Å²) in [5, 5.41) is 2.94. The van der Waals surface area contributed by atoms with Crippen LogP contribution in [0.1, 0.15) is 21.7 Å². The van der Waals surface area contributed by atoms with Crippen molar-refractivity contribution in [3.05, 3.63) is 90.5 Å². The molecule has 1 heterocycles. The normalized spacial score (nSPS) is 10.4. The molecule has 6 heteroatoms. The van der Waals surface area contributed by atoms with Gasteiger partial charge in [0.05, 0.1) is 7.11 Å². The van der Waals surface area contributed by atoms with Crippen molar-refractivity contribution >= 4 is 5.91 Å². The fourth-order valence-electron chi connectivity index (χ4n) is 2.96. The van der Waals surface area contributed by atoms with Crippen LogP contribution in [0.5, 0.6) is 11.5 Å². The van der Waals surface area contributed by atoms with E-state index in [-0.39, 0.29) is 5.91 Å². The smallest absolute Gasteiger partial charge is 0.251 e. The number of hydrogen-bond acceptors (Lipinski definition) is 4. The van der Waals surface area contributed by atoms with Gasteiger partial charge in [-0.25, -0.2) is 4.98 Å². The first-order chi connectivity index (χ1) is 14.2. The second-order valence-corrected chi connectivity index (χ2v) is 6.43. The monoisotopic (exact) mass is 391 g/mol. The fourth-order valence-corrected chi connectivity index (χ4v) is 2.96. The minimum Gasteiger partial charge on any atom is -0.493 e. The number of methoxy groups -OCH3 is 1. The standard InChI is InChI=1S/C23H25N3O3/c1-3-15-29-20-10-9-19(16-21(20)28-2)23(27)25-12-11-22-24-13-14-26(22)17-18-7-5-4-6-8-18/h3-10,13-14,16H,1,11-12,15,17H2,2H3,(H,25,27). The molecule has 0 saturated carbocycles. The van der Waals surface area contributed by atoms with Crippen LogP contribution in [0.4, 0.5) is 0 Å². The van der Waals surface area contributed by atoms with Crippen LogP contribution < -0.4 is 14.8 Å². The van der Waals surface area contributed by atoms with Crippen molar-refractivity contribution in [2.45, 2.75) is 13.0 Å². The van der Waals surface area contributed by atoms with Crippen LogP contribution >= 0.6 is 0 Å². The second-order valence-electron chi connectivity index (χ2n) is 6.43. The van der Waals surface area contributed by atoms with Crippen molar-refractivity contribution < 1.29 is 14.3 Å². The van der Waals surface area contributed by atoms with Crippen molar-refractivity contribution in [2.24, 2.45) is 0 Å². The highest BCUT2D eigenvalue weighted by atomic mass is 16.5. The van der Waals surface area contributed by atoms with Gasteiger partial charge in [-0.05, 0) is 23.8 Å². The number of carbonyl (C=O) groups excluding carboxylic acids is 1. The third kappa shape index (κ3) is 5.48. The number of nitrogens with one attached hydrogen (secondary N) is 1. The van der Waals surface area contributed by atoms with Crippen LogP contribution in [0.3, 0.4) is 0 Å². The Morgan fingerprint density at radius 3 is 2.79 bits per heavy atom. The molecule has 150 valence electrons. The Balaban J connectivity index is 1.56. The SMILES string of the molecule is C=CCOc1ccc(C(=O)NCCc2nccn2Cc2ccccc2)cc1OC. The molecule has 3 rings (SSSR count). The quantitative estimate of drug-likeness (QED) is 0.538. The number of ether oxygens (including phenoxy) is 2. The summed E-state index contributed by atoms with van der Waals surface area (Å²) in [7, 11) is 1.55. The van der Waals surface area contributed by atoms with E-state index < -0.39 is 0 Å². The van der Waals surface area contributed by atoms with E-state index in [0.717, 1.165) is 12.4 Å². The molecule has 0 aliphatic heterocycles. The van der Waals surface area contributed by atoms with E-state index in [1.807, 2.05) is 24.4 Å². The van der Waals surface area contributed by atoms with E-state index in [2.05, 4.69) is 33.6 Å². The predicted molar refractivity (Wildman–Crippen MR) is 112 cm³/mol. The predicted octanol–water partition coefficient (Wildman–Crippen LogP) is 3.48. The summed E-state index contributed by atoms with van der Waals surface area (Å²) in [6.45, 7) is 5.24. The van der Waals surface area contributed by atoms with Crippen molar-refractivity contribution in [3.63, 3.8) is 0 Å². The molecule has 0 fully saturated rings. The first kappa shape index (κ1) is 20.2. The summed E-state index contributed by atoms with van der Waals surface area (Å²) in [6, 6.07) is 15.3. The maximum atomic E-state index is 12.5. The van der Waals surface area contributed by atoms with Crippen LogP contribution in [0, 0.1) is 0 Å². The Hall–Kier alpha value is -3.54. The molecule has 0 bridgehead atoms. The van der Waals surface area contributed by atoms with Gasteiger partial charge in [0.2, 0.25) is 0 Å². The van der Waals surface area contributed by atoms with Gasteiger partial charge >= 0.3 is 0 Å². The summed E-state index contributed by atoms with van der Waals surface area (Å²) in [6.07, 6.45) is 6.04. The van der Waals surface area contributed by atoms with Gasteiger partial charge in [0.1, 0.15) is 12.4 Å². The summed E-state index contributed by atoms with van der Waals surface area (Å²) in [4.78, 5) is 16.9. The van der Waals surface area contributed by atoms with Crippen molar-refractivity contribution in [3.8, 4) is 11.5 Å². The highest BCUT2D eigenvalue weighted by molar-refractivity contribution is 5.94. The Kier molecular flexibility index (Phi) is 7.05. The molecule has 6 nitrogen and oxygen atoms in total. The molecule has 0 saturated heterocycles. The zero-order valence-corrected chi connectivity index (χ0v) is 16.5. The van der Waals surface area contributed by atoms with E-state index in [1.54, 1.807) is 37.6 Å². The minimum atomic E-state index is -0.167. The molecule has 0 aliphatic carbocycles. The molecule has 0 aliphatic rings. The first-order valence-electron chi connectivity index (χ1n) is 9.45. The van der Waals surface area contributed by atoms with Gasteiger partial charge in [0.25, 0.3) is 5.91 Å². The van der Waals surface area contributed by atoms with E-state index >= 15 is 0 Å². The Morgan fingerprint density at radius 1 is 1.21 bits per heavy atom. The zero-order valence-electron chi connectivity index (χ0n) is 16.5. The molecular formula is C23H25N3O3. The van der Waals surface area contributed by atoms with Gasteiger partial charge in [-0.2, -0.15) is 0 Å². The van der Waals surface area contributed by atoms with Gasteiger partial charge in [0.15, 0.2) is 11.5 Å². The van der Waals surface area contributed by atoms with Crippen LogP contribution in [0.25, 0.3) is 0 Å².